The van der Waals surface area contributed by atoms with Crippen LogP contribution in [0.1, 0.15) is 6.92 Å². The second kappa shape index (κ2) is 8.66. The minimum atomic E-state index is -4.35. The van der Waals surface area contributed by atoms with Crippen LogP contribution in [0.2, 0.25) is 0 Å². The van der Waals surface area contributed by atoms with E-state index >= 15 is 0 Å². The lowest BCUT2D eigenvalue weighted by Crippen LogP contribution is -2.66. The molecule has 4 atom stereocenters. The molecule has 10 nitrogen and oxygen atoms in total. The lowest BCUT2D eigenvalue weighted by Gasteiger charge is -2.41. The van der Waals surface area contributed by atoms with Crippen molar-refractivity contribution in [1.82, 2.24) is 9.79 Å². The molecule has 1 aliphatic rings. The molecule has 0 unspecified atom stereocenters. The summed E-state index contributed by atoms with van der Waals surface area (Å²) < 4.78 is 31.6. The van der Waals surface area contributed by atoms with Gasteiger partial charge in [-0.3, -0.25) is 10.0 Å². The molecule has 1 saturated heterocycles. The first kappa shape index (κ1) is 21.1. The van der Waals surface area contributed by atoms with Gasteiger partial charge in [-0.05, 0) is 31.2 Å². The maximum absolute atomic E-state index is 12.9. The van der Waals surface area contributed by atoms with E-state index in [0.717, 1.165) is 0 Å². The van der Waals surface area contributed by atoms with E-state index in [-0.39, 0.29) is 11.5 Å². The molecule has 2 rings (SSSR count). The van der Waals surface area contributed by atoms with Crippen LogP contribution >= 0.6 is 0 Å². The summed E-state index contributed by atoms with van der Waals surface area (Å²) in [5, 5.41) is 38.4. The van der Waals surface area contributed by atoms with Crippen LogP contribution in [-0.2, 0) is 14.8 Å². The standard InChI is InChI=1S/C16H20N2O8S/c1-2-3-8-26-10-4-6-11(7-5-10)27(24,25)18-9-12(19)14(20)15(21)13(18)16(22)17-23/h4-7,12-15,19-21,23H,8-9H2,1H3,(H,17,22)/t12-,13+,14+,15+/m0/s1. The third kappa shape index (κ3) is 4.38. The molecule has 1 amide bonds. The van der Waals surface area contributed by atoms with Crippen LogP contribution in [-0.4, -0.2) is 76.7 Å². The van der Waals surface area contributed by atoms with Gasteiger partial charge in [0.1, 0.15) is 30.6 Å². The van der Waals surface area contributed by atoms with Crippen molar-refractivity contribution in [3.8, 4) is 17.6 Å². The number of sulfonamides is 1. The number of benzene rings is 1. The average molecular weight is 400 g/mol. The van der Waals surface area contributed by atoms with Crippen molar-refractivity contribution >= 4 is 15.9 Å². The van der Waals surface area contributed by atoms with Gasteiger partial charge in [0.15, 0.2) is 0 Å². The number of hydroxylamine groups is 1. The van der Waals surface area contributed by atoms with E-state index in [2.05, 4.69) is 11.8 Å². The number of amides is 1. The molecule has 11 heteroatoms. The van der Waals surface area contributed by atoms with Crippen molar-refractivity contribution in [3.63, 3.8) is 0 Å². The van der Waals surface area contributed by atoms with E-state index in [1.807, 2.05) is 0 Å². The Kier molecular flexibility index (Phi) is 6.77. The van der Waals surface area contributed by atoms with Gasteiger partial charge in [-0.15, -0.1) is 5.92 Å². The normalized spacial score (nSPS) is 26.0. The number of nitrogens with one attached hydrogen (secondary N) is 1. The Hall–Kier alpha value is -2.20. The number of nitrogens with zero attached hydrogens (tertiary/aromatic N) is 1. The average Bonchev–Trinajstić information content (AvgIpc) is 2.66. The lowest BCUT2D eigenvalue weighted by molar-refractivity contribution is -0.154. The van der Waals surface area contributed by atoms with Crippen LogP contribution in [0.15, 0.2) is 29.2 Å². The fraction of sp³-hybridized carbons (Fsp3) is 0.438. The van der Waals surface area contributed by atoms with E-state index in [1.54, 1.807) is 6.92 Å². The first-order valence-corrected chi connectivity index (χ1v) is 9.30. The van der Waals surface area contributed by atoms with E-state index in [9.17, 15) is 28.5 Å². The van der Waals surface area contributed by atoms with Crippen molar-refractivity contribution in [1.29, 1.82) is 0 Å². The van der Waals surface area contributed by atoms with Crippen molar-refractivity contribution in [3.05, 3.63) is 24.3 Å². The zero-order chi connectivity index (χ0) is 20.2. The van der Waals surface area contributed by atoms with Crippen LogP contribution in [0.3, 0.4) is 0 Å². The summed E-state index contributed by atoms with van der Waals surface area (Å²) in [6.07, 6.45) is -5.31. The number of ether oxygens (including phenoxy) is 1. The topological polar surface area (TPSA) is 157 Å². The summed E-state index contributed by atoms with van der Waals surface area (Å²) in [7, 11) is -4.35. The Labute approximate surface area is 156 Å². The Morgan fingerprint density at radius 1 is 1.26 bits per heavy atom. The molecule has 1 heterocycles. The molecule has 148 valence electrons. The fourth-order valence-electron chi connectivity index (χ4n) is 2.63. The Bertz CT molecular complexity index is 830. The number of aliphatic hydroxyl groups is 3. The van der Waals surface area contributed by atoms with Gasteiger partial charge in [-0.25, -0.2) is 13.9 Å². The highest BCUT2D eigenvalue weighted by atomic mass is 32.2. The maximum Gasteiger partial charge on any atom is 0.264 e. The van der Waals surface area contributed by atoms with Gasteiger partial charge in [-0.2, -0.15) is 4.31 Å². The van der Waals surface area contributed by atoms with Gasteiger partial charge in [0.25, 0.3) is 5.91 Å². The number of carbonyl (C=O) groups excluding carboxylic acids is 1. The SMILES string of the molecule is CC#CCOc1ccc(S(=O)(=O)N2C[C@H](O)[C@@H](O)[C@H](O)[C@@H]2C(=O)NO)cc1. The Balaban J connectivity index is 2.34. The molecule has 1 aromatic rings. The first-order valence-electron chi connectivity index (χ1n) is 7.86. The number of β-amino-alcohol motifs (C(OH)–C–C–N with tert-alkyl or cyclic N) is 1. The van der Waals surface area contributed by atoms with Gasteiger partial charge in [0, 0.05) is 6.54 Å². The molecule has 0 radical (unpaired) electrons. The van der Waals surface area contributed by atoms with Crippen LogP contribution in [0, 0.1) is 11.8 Å². The van der Waals surface area contributed by atoms with Gasteiger partial charge in [0.05, 0.1) is 11.0 Å². The van der Waals surface area contributed by atoms with Crippen molar-refractivity contribution in [2.45, 2.75) is 36.2 Å². The first-order chi connectivity index (χ1) is 12.7. The van der Waals surface area contributed by atoms with Gasteiger partial charge >= 0.3 is 0 Å². The summed E-state index contributed by atoms with van der Waals surface area (Å²) in [4.78, 5) is 11.6. The number of hydrogen-bond donors (Lipinski definition) is 5. The molecule has 1 aromatic carbocycles. The molecule has 0 aliphatic carbocycles. The van der Waals surface area contributed by atoms with E-state index in [1.165, 1.54) is 29.7 Å². The van der Waals surface area contributed by atoms with Crippen molar-refractivity contribution < 1.29 is 38.5 Å². The summed E-state index contributed by atoms with van der Waals surface area (Å²) in [6, 6.07) is 3.39. The molecule has 0 aromatic heterocycles. The molecule has 5 N–H and O–H groups in total. The molecule has 1 aliphatic heterocycles. The number of hydrogen-bond acceptors (Lipinski definition) is 8. The smallest absolute Gasteiger partial charge is 0.264 e. The zero-order valence-corrected chi connectivity index (χ0v) is 15.1. The molecular formula is C16H20N2O8S. The highest BCUT2D eigenvalue weighted by Gasteiger charge is 2.50. The predicted octanol–water partition coefficient (Wildman–Crippen LogP) is -1.95. The molecular weight excluding hydrogens is 380 g/mol. The second-order valence-corrected chi connectivity index (χ2v) is 7.62. The molecule has 1 fully saturated rings. The summed E-state index contributed by atoms with van der Waals surface area (Å²) in [5.74, 6) is 4.46. The predicted molar refractivity (Wildman–Crippen MR) is 91.0 cm³/mol. The molecule has 0 bridgehead atoms. The highest BCUT2D eigenvalue weighted by molar-refractivity contribution is 7.89. The van der Waals surface area contributed by atoms with Crippen LogP contribution in [0.5, 0.6) is 5.75 Å². The molecule has 27 heavy (non-hydrogen) atoms. The molecule has 0 spiro atoms. The minimum Gasteiger partial charge on any atom is -0.481 e. The van der Waals surface area contributed by atoms with E-state index in [0.29, 0.717) is 10.1 Å². The summed E-state index contributed by atoms with van der Waals surface area (Å²) in [5.41, 5.74) is 1.26. The fourth-order valence-corrected chi connectivity index (χ4v) is 4.24. The molecule has 0 saturated carbocycles. The van der Waals surface area contributed by atoms with Crippen LogP contribution in [0.25, 0.3) is 0 Å². The third-order valence-electron chi connectivity index (χ3n) is 4.04. The number of aliphatic hydroxyl groups excluding tert-OH is 3. The van der Waals surface area contributed by atoms with Gasteiger partial charge < -0.3 is 20.1 Å². The highest BCUT2D eigenvalue weighted by Crippen LogP contribution is 2.27. The third-order valence-corrected chi connectivity index (χ3v) is 5.90. The largest absolute Gasteiger partial charge is 0.481 e. The minimum absolute atomic E-state index is 0.129. The van der Waals surface area contributed by atoms with Gasteiger partial charge in [-0.1, -0.05) is 5.92 Å². The van der Waals surface area contributed by atoms with Gasteiger partial charge in [0.2, 0.25) is 10.0 Å². The second-order valence-electron chi connectivity index (χ2n) is 5.73. The van der Waals surface area contributed by atoms with Crippen LogP contribution in [0.4, 0.5) is 0 Å². The van der Waals surface area contributed by atoms with E-state index < -0.39 is 46.8 Å². The monoisotopic (exact) mass is 400 g/mol. The number of piperidine rings is 1. The number of rotatable bonds is 5. The Morgan fingerprint density at radius 3 is 2.44 bits per heavy atom. The Morgan fingerprint density at radius 2 is 1.89 bits per heavy atom. The lowest BCUT2D eigenvalue weighted by atomic mass is 9.96. The quantitative estimate of drug-likeness (QED) is 0.217. The van der Waals surface area contributed by atoms with Crippen molar-refractivity contribution in [2.75, 3.05) is 13.2 Å². The summed E-state index contributed by atoms with van der Waals surface area (Å²) >= 11 is 0. The summed E-state index contributed by atoms with van der Waals surface area (Å²) in [6.45, 7) is 1.13. The van der Waals surface area contributed by atoms with Crippen LogP contribution < -0.4 is 10.2 Å². The maximum atomic E-state index is 12.9. The van der Waals surface area contributed by atoms with E-state index in [4.69, 9.17) is 9.94 Å². The number of carbonyl (C=O) groups is 1. The van der Waals surface area contributed by atoms with Crippen molar-refractivity contribution in [2.24, 2.45) is 0 Å². The zero-order valence-electron chi connectivity index (χ0n) is 14.3.